The van der Waals surface area contributed by atoms with Crippen molar-refractivity contribution in [2.75, 3.05) is 13.2 Å². The van der Waals surface area contributed by atoms with Gasteiger partial charge in [0, 0.05) is 12.5 Å². The summed E-state index contributed by atoms with van der Waals surface area (Å²) in [6.07, 6.45) is 37.0. The van der Waals surface area contributed by atoms with Crippen LogP contribution in [0.15, 0.2) is 0 Å². The molecule has 0 bridgehead atoms. The van der Waals surface area contributed by atoms with E-state index in [0.717, 1.165) is 77.0 Å². The maximum atomic E-state index is 14.5. The molecule has 0 fully saturated rings. The molecule has 2 N–H and O–H groups in total. The third kappa shape index (κ3) is 31.9. The molecule has 0 aromatic rings. The van der Waals surface area contributed by atoms with Gasteiger partial charge < -0.3 is 15.2 Å². The number of amides is 1. The van der Waals surface area contributed by atoms with E-state index in [2.05, 4.69) is 19.2 Å². The van der Waals surface area contributed by atoms with Crippen LogP contribution in [0.1, 0.15) is 226 Å². The van der Waals surface area contributed by atoms with Gasteiger partial charge in [-0.05, 0) is 25.7 Å². The van der Waals surface area contributed by atoms with Crippen LogP contribution < -0.4 is 5.32 Å². The fourth-order valence-electron chi connectivity index (χ4n) is 6.85. The molecule has 0 spiro atoms. The number of carbonyl (C=O) groups is 2. The molecule has 0 aliphatic heterocycles. The highest BCUT2D eigenvalue weighted by Crippen LogP contribution is 2.27. The third-order valence-corrected chi connectivity index (χ3v) is 10.3. The summed E-state index contributed by atoms with van der Waals surface area (Å²) >= 11 is 0. The molecule has 1 amide bonds. The van der Waals surface area contributed by atoms with Crippen molar-refractivity contribution < 1.29 is 23.8 Å². The number of hydrogen-bond donors (Lipinski definition) is 2. The fourth-order valence-corrected chi connectivity index (χ4v) is 6.85. The number of carboxylic acid groups (broad SMARTS) is 1. The lowest BCUT2D eigenvalue weighted by Crippen LogP contribution is -2.28. The maximum absolute atomic E-state index is 14.5. The van der Waals surface area contributed by atoms with Crippen molar-refractivity contribution in [1.29, 1.82) is 0 Å². The Morgan fingerprint density at radius 1 is 0.542 bits per heavy atom. The lowest BCUT2D eigenvalue weighted by Gasteiger charge is -2.23. The van der Waals surface area contributed by atoms with Crippen LogP contribution in [0.2, 0.25) is 0 Å². The first-order valence-corrected chi connectivity index (χ1v) is 21.2. The molecule has 0 aliphatic carbocycles. The number of alkyl halides is 1. The Bertz CT molecular complexity index is 691. The highest BCUT2D eigenvalue weighted by Gasteiger charge is 2.30. The average molecular weight is 684 g/mol. The SMILES string of the molecule is CCCCCCCCCCCCCCCCCCCCCCOC(=O)NCCCCCCCCCC(C(=O)O)C(C)C(F)CCCCC. The van der Waals surface area contributed by atoms with E-state index in [-0.39, 0.29) is 6.09 Å². The summed E-state index contributed by atoms with van der Waals surface area (Å²) in [4.78, 5) is 23.6. The molecule has 0 saturated heterocycles. The summed E-state index contributed by atoms with van der Waals surface area (Å²) < 4.78 is 19.8. The number of ether oxygens (including phenoxy) is 1. The molecule has 6 heteroatoms. The zero-order valence-electron chi connectivity index (χ0n) is 32.3. The van der Waals surface area contributed by atoms with Gasteiger partial charge in [-0.15, -0.1) is 0 Å². The number of carboxylic acids is 1. The molecule has 48 heavy (non-hydrogen) atoms. The molecular weight excluding hydrogens is 601 g/mol. The molecule has 0 radical (unpaired) electrons. The number of aliphatic carboxylic acids is 1. The van der Waals surface area contributed by atoms with Gasteiger partial charge in [-0.1, -0.05) is 201 Å². The van der Waals surface area contributed by atoms with Gasteiger partial charge in [0.05, 0.1) is 12.5 Å². The average Bonchev–Trinajstić information content (AvgIpc) is 3.07. The van der Waals surface area contributed by atoms with Gasteiger partial charge >= 0.3 is 12.1 Å². The molecular formula is C42H82FNO4. The molecule has 0 aromatic carbocycles. The van der Waals surface area contributed by atoms with Crippen molar-refractivity contribution in [2.45, 2.75) is 232 Å². The largest absolute Gasteiger partial charge is 0.481 e. The maximum Gasteiger partial charge on any atom is 0.407 e. The Hall–Kier alpha value is -1.33. The second-order valence-electron chi connectivity index (χ2n) is 14.9. The van der Waals surface area contributed by atoms with Crippen LogP contribution in [-0.4, -0.2) is 36.5 Å². The Kier molecular flexibility index (Phi) is 35.9. The van der Waals surface area contributed by atoms with Crippen LogP contribution >= 0.6 is 0 Å². The summed E-state index contributed by atoms with van der Waals surface area (Å²) in [5.74, 6) is -1.86. The Labute approximate surface area is 298 Å². The molecule has 3 unspecified atom stereocenters. The Morgan fingerprint density at radius 3 is 1.33 bits per heavy atom. The molecule has 0 rings (SSSR count). The summed E-state index contributed by atoms with van der Waals surface area (Å²) in [6.45, 7) is 7.31. The third-order valence-electron chi connectivity index (χ3n) is 10.3. The lowest BCUT2D eigenvalue weighted by molar-refractivity contribution is -0.144. The van der Waals surface area contributed by atoms with Crippen molar-refractivity contribution in [3.05, 3.63) is 0 Å². The topological polar surface area (TPSA) is 75.6 Å². The number of alkyl carbamates (subject to hydrolysis) is 1. The number of nitrogens with one attached hydrogen (secondary N) is 1. The second-order valence-corrected chi connectivity index (χ2v) is 14.9. The van der Waals surface area contributed by atoms with E-state index in [1.54, 1.807) is 6.92 Å². The first-order chi connectivity index (χ1) is 23.4. The van der Waals surface area contributed by atoms with Crippen LogP contribution in [0.4, 0.5) is 9.18 Å². The summed E-state index contributed by atoms with van der Waals surface area (Å²) in [7, 11) is 0. The number of unbranched alkanes of at least 4 members (excludes halogenated alkanes) is 27. The van der Waals surface area contributed by atoms with E-state index in [1.807, 2.05) is 0 Å². The van der Waals surface area contributed by atoms with Crippen LogP contribution in [0.25, 0.3) is 0 Å². The van der Waals surface area contributed by atoms with Gasteiger partial charge in [0.25, 0.3) is 0 Å². The molecule has 0 saturated carbocycles. The predicted molar refractivity (Wildman–Crippen MR) is 204 cm³/mol. The lowest BCUT2D eigenvalue weighted by atomic mass is 9.84. The monoisotopic (exact) mass is 684 g/mol. The minimum Gasteiger partial charge on any atom is -0.481 e. The normalized spacial score (nSPS) is 13.3. The van der Waals surface area contributed by atoms with E-state index in [1.165, 1.54) is 116 Å². The van der Waals surface area contributed by atoms with Crippen molar-refractivity contribution in [2.24, 2.45) is 11.8 Å². The van der Waals surface area contributed by atoms with Gasteiger partial charge in [-0.3, -0.25) is 4.79 Å². The zero-order valence-corrected chi connectivity index (χ0v) is 32.3. The standard InChI is InChI=1S/C42H82FNO4/c1-4-6-8-9-10-11-12-13-14-15-16-17-18-19-20-21-22-26-29-33-37-48-42(47)44-36-32-28-25-23-24-27-31-34-39(41(45)46)38(3)40(43)35-30-7-5-2/h38-40H,4-37H2,1-3H3,(H,44,47)(H,45,46). The number of carbonyl (C=O) groups excluding carboxylic acids is 1. The first-order valence-electron chi connectivity index (χ1n) is 21.2. The molecule has 3 atom stereocenters. The van der Waals surface area contributed by atoms with Crippen LogP contribution in [0.5, 0.6) is 0 Å². The van der Waals surface area contributed by atoms with Crippen molar-refractivity contribution >= 4 is 12.1 Å². The Balaban J connectivity index is 3.41. The van der Waals surface area contributed by atoms with Crippen molar-refractivity contribution in [3.8, 4) is 0 Å². The summed E-state index contributed by atoms with van der Waals surface area (Å²) in [5, 5.41) is 12.5. The summed E-state index contributed by atoms with van der Waals surface area (Å²) in [6, 6.07) is 0. The molecule has 0 heterocycles. The van der Waals surface area contributed by atoms with E-state index >= 15 is 0 Å². The van der Waals surface area contributed by atoms with Gasteiger partial charge in [-0.25, -0.2) is 9.18 Å². The van der Waals surface area contributed by atoms with Gasteiger partial charge in [0.1, 0.15) is 6.17 Å². The second kappa shape index (κ2) is 36.9. The minimum atomic E-state index is -1.02. The number of rotatable bonds is 38. The number of halogens is 1. The van der Waals surface area contributed by atoms with E-state index < -0.39 is 24.0 Å². The van der Waals surface area contributed by atoms with Crippen LogP contribution in [-0.2, 0) is 9.53 Å². The van der Waals surface area contributed by atoms with Crippen molar-refractivity contribution in [1.82, 2.24) is 5.32 Å². The predicted octanol–water partition coefficient (Wildman–Crippen LogP) is 13.9. The highest BCUT2D eigenvalue weighted by molar-refractivity contribution is 5.70. The Morgan fingerprint density at radius 2 is 0.896 bits per heavy atom. The summed E-state index contributed by atoms with van der Waals surface area (Å²) in [5.41, 5.74) is 0. The van der Waals surface area contributed by atoms with Crippen LogP contribution in [0, 0.1) is 11.8 Å². The van der Waals surface area contributed by atoms with Crippen molar-refractivity contribution in [3.63, 3.8) is 0 Å². The van der Waals surface area contributed by atoms with E-state index in [4.69, 9.17) is 4.74 Å². The van der Waals surface area contributed by atoms with Crippen LogP contribution in [0.3, 0.4) is 0 Å². The highest BCUT2D eigenvalue weighted by atomic mass is 19.1. The minimum absolute atomic E-state index is 0.295. The van der Waals surface area contributed by atoms with E-state index in [0.29, 0.717) is 26.0 Å². The molecule has 5 nitrogen and oxygen atoms in total. The molecule has 286 valence electrons. The van der Waals surface area contributed by atoms with Gasteiger partial charge in [0.2, 0.25) is 0 Å². The molecule has 0 aromatic heterocycles. The first kappa shape index (κ1) is 46.7. The molecule has 0 aliphatic rings. The smallest absolute Gasteiger partial charge is 0.407 e. The quantitative estimate of drug-likeness (QED) is 0.0635. The zero-order chi connectivity index (χ0) is 35.3. The number of hydrogen-bond acceptors (Lipinski definition) is 3. The fraction of sp³-hybridized carbons (Fsp3) is 0.952. The van der Waals surface area contributed by atoms with Gasteiger partial charge in [-0.2, -0.15) is 0 Å². The van der Waals surface area contributed by atoms with E-state index in [9.17, 15) is 19.1 Å². The van der Waals surface area contributed by atoms with Gasteiger partial charge in [0.15, 0.2) is 0 Å².